The molecule has 1 spiro atoms. The van der Waals surface area contributed by atoms with Crippen molar-refractivity contribution in [3.63, 3.8) is 0 Å². The number of thioether (sulfide) groups is 1. The molecular weight excluding hydrogens is 498 g/mol. The molecule has 4 rings (SSSR count). The molecule has 3 saturated heterocycles. The second-order valence-corrected chi connectivity index (χ2v) is 13.1. The highest BCUT2D eigenvalue weighted by Crippen LogP contribution is 2.66. The largest absolute Gasteiger partial charge is 0.396 e. The van der Waals surface area contributed by atoms with Gasteiger partial charge in [-0.2, -0.15) is 0 Å². The van der Waals surface area contributed by atoms with E-state index in [1.165, 1.54) is 0 Å². The average Bonchev–Trinajstić information content (AvgIpc) is 3.52. The average molecular weight is 540 g/mol. The Morgan fingerprint density at radius 2 is 1.82 bits per heavy atom. The van der Waals surface area contributed by atoms with Crippen LogP contribution in [0.25, 0.3) is 0 Å². The summed E-state index contributed by atoms with van der Waals surface area (Å²) in [6, 6.07) is 8.86. The normalized spacial score (nSPS) is 27.8. The third kappa shape index (κ3) is 4.81. The van der Waals surface area contributed by atoms with Gasteiger partial charge in [-0.25, -0.2) is 0 Å². The number of anilines is 1. The highest BCUT2D eigenvalue weighted by Gasteiger charge is 2.74. The first-order chi connectivity index (χ1) is 18.1. The van der Waals surface area contributed by atoms with Gasteiger partial charge in [-0.3, -0.25) is 14.4 Å². The molecule has 0 radical (unpaired) electrons. The molecule has 38 heavy (non-hydrogen) atoms. The minimum absolute atomic E-state index is 0.00939. The van der Waals surface area contributed by atoms with E-state index in [-0.39, 0.29) is 29.6 Å². The highest BCUT2D eigenvalue weighted by atomic mass is 32.2. The quantitative estimate of drug-likeness (QED) is 0.341. The van der Waals surface area contributed by atoms with E-state index in [0.717, 1.165) is 18.5 Å². The molecule has 3 heterocycles. The Hall–Kier alpha value is -2.58. The Bertz CT molecular complexity index is 1070. The summed E-state index contributed by atoms with van der Waals surface area (Å²) in [7, 11) is 0. The van der Waals surface area contributed by atoms with Gasteiger partial charge in [-0.05, 0) is 58.6 Å². The number of aliphatic hydroxyl groups is 1. The fourth-order valence-corrected chi connectivity index (χ4v) is 8.77. The number of para-hydroxylation sites is 1. The van der Waals surface area contributed by atoms with E-state index in [1.807, 2.05) is 56.0 Å². The van der Waals surface area contributed by atoms with Crippen molar-refractivity contribution in [3.05, 3.63) is 55.6 Å². The van der Waals surface area contributed by atoms with E-state index in [1.54, 1.807) is 33.7 Å². The van der Waals surface area contributed by atoms with Gasteiger partial charge in [-0.1, -0.05) is 30.4 Å². The molecule has 2 bridgehead atoms. The zero-order valence-corrected chi connectivity index (χ0v) is 23.7. The molecule has 0 aliphatic carbocycles. The number of hydrogen-bond acceptors (Lipinski definition) is 5. The van der Waals surface area contributed by atoms with Gasteiger partial charge < -0.3 is 19.8 Å². The third-order valence-corrected chi connectivity index (χ3v) is 10.1. The Balaban J connectivity index is 1.75. The van der Waals surface area contributed by atoms with Crippen LogP contribution in [0.3, 0.4) is 0 Å². The zero-order chi connectivity index (χ0) is 27.7. The van der Waals surface area contributed by atoms with Crippen molar-refractivity contribution < 1.29 is 19.5 Å². The van der Waals surface area contributed by atoms with Gasteiger partial charge in [0.1, 0.15) is 6.04 Å². The summed E-state index contributed by atoms with van der Waals surface area (Å²) >= 11 is 1.69. The van der Waals surface area contributed by atoms with Gasteiger partial charge in [0.25, 0.3) is 0 Å². The van der Waals surface area contributed by atoms with Crippen molar-refractivity contribution in [2.75, 3.05) is 31.1 Å². The van der Waals surface area contributed by atoms with Gasteiger partial charge >= 0.3 is 0 Å². The van der Waals surface area contributed by atoms with E-state index in [4.69, 9.17) is 0 Å². The lowest BCUT2D eigenvalue weighted by Gasteiger charge is -2.42. The number of carbonyl (C=O) groups excluding carboxylic acids is 3. The Morgan fingerprint density at radius 3 is 2.42 bits per heavy atom. The van der Waals surface area contributed by atoms with Crippen molar-refractivity contribution in [1.29, 1.82) is 0 Å². The van der Waals surface area contributed by atoms with Crippen molar-refractivity contribution in [3.8, 4) is 0 Å². The van der Waals surface area contributed by atoms with Crippen LogP contribution in [0.2, 0.25) is 0 Å². The van der Waals surface area contributed by atoms with Crippen LogP contribution in [0.15, 0.2) is 55.6 Å². The van der Waals surface area contributed by atoms with Crippen molar-refractivity contribution >= 4 is 35.2 Å². The van der Waals surface area contributed by atoms with E-state index >= 15 is 0 Å². The Labute approximate surface area is 230 Å². The van der Waals surface area contributed by atoms with Crippen LogP contribution >= 0.6 is 11.8 Å². The minimum atomic E-state index is -0.643. The van der Waals surface area contributed by atoms with E-state index < -0.39 is 28.2 Å². The first-order valence-electron chi connectivity index (χ1n) is 13.6. The van der Waals surface area contributed by atoms with Crippen LogP contribution in [0.1, 0.15) is 46.5 Å². The summed E-state index contributed by atoms with van der Waals surface area (Å²) in [6.07, 6.45) is 6.12. The summed E-state index contributed by atoms with van der Waals surface area (Å²) in [5, 5.41) is 9.38. The number of fused-ring (bicyclic) bond motifs is 1. The van der Waals surface area contributed by atoms with Crippen LogP contribution in [-0.2, 0) is 14.4 Å². The molecule has 1 aromatic carbocycles. The molecule has 3 amide bonds. The molecule has 3 fully saturated rings. The molecule has 2 unspecified atom stereocenters. The van der Waals surface area contributed by atoms with Crippen molar-refractivity contribution in [1.82, 2.24) is 9.80 Å². The number of rotatable bonds is 11. The number of nitrogens with zero attached hydrogens (tertiary/aromatic N) is 3. The van der Waals surface area contributed by atoms with Gasteiger partial charge in [-0.15, -0.1) is 24.9 Å². The van der Waals surface area contributed by atoms with Gasteiger partial charge in [0, 0.05) is 42.7 Å². The maximum atomic E-state index is 14.3. The lowest BCUT2D eigenvalue weighted by Crippen LogP contribution is -2.58. The lowest BCUT2D eigenvalue weighted by atomic mass is 9.70. The summed E-state index contributed by atoms with van der Waals surface area (Å²) in [4.78, 5) is 48.0. The molecule has 8 heteroatoms. The second-order valence-electron chi connectivity index (χ2n) is 11.5. The minimum Gasteiger partial charge on any atom is -0.396 e. The number of amides is 3. The number of hydrogen-bond donors (Lipinski definition) is 1. The fourth-order valence-electron chi connectivity index (χ4n) is 6.56. The molecule has 3 aliphatic rings. The Kier molecular flexibility index (Phi) is 8.43. The first-order valence-corrected chi connectivity index (χ1v) is 14.5. The zero-order valence-electron chi connectivity index (χ0n) is 22.8. The smallest absolute Gasteiger partial charge is 0.247 e. The fraction of sp³-hybridized carbons (Fsp3) is 0.567. The maximum Gasteiger partial charge on any atom is 0.247 e. The predicted molar refractivity (Wildman–Crippen MR) is 153 cm³/mol. The highest BCUT2D eigenvalue weighted by molar-refractivity contribution is 8.02. The molecule has 0 aromatic heterocycles. The van der Waals surface area contributed by atoms with E-state index in [9.17, 15) is 19.5 Å². The van der Waals surface area contributed by atoms with Crippen molar-refractivity contribution in [2.45, 2.75) is 68.0 Å². The molecule has 0 saturated carbocycles. The number of unbranched alkanes of at least 4 members (excludes halogenated alkanes) is 1. The third-order valence-electron chi connectivity index (χ3n) is 8.16. The van der Waals surface area contributed by atoms with Crippen LogP contribution in [-0.4, -0.2) is 80.4 Å². The maximum absolute atomic E-state index is 14.3. The standard InChI is InChI=1S/C30H41N3O4S/c1-6-17-31(21-13-9-8-10-14-21)26(35)23-22-15-16-30(38-22)24(23)27(36)32(19-11-12-20-34)25(30)28(37)33(18-7-2)29(3,4)5/h6-10,13-14,22-25,34H,1-2,11-12,15-20H2,3-5H3/t22-,23+,24+,25?,30?/m1/s1. The van der Waals surface area contributed by atoms with Crippen LogP contribution in [0, 0.1) is 11.8 Å². The first kappa shape index (κ1) is 28.4. The van der Waals surface area contributed by atoms with Gasteiger partial charge in [0.15, 0.2) is 0 Å². The van der Waals surface area contributed by atoms with Crippen LogP contribution in [0.5, 0.6) is 0 Å². The lowest BCUT2D eigenvalue weighted by molar-refractivity contribution is -0.145. The predicted octanol–water partition coefficient (Wildman–Crippen LogP) is 3.88. The number of benzene rings is 1. The van der Waals surface area contributed by atoms with E-state index in [0.29, 0.717) is 32.5 Å². The molecule has 206 valence electrons. The molecule has 5 atom stereocenters. The van der Waals surface area contributed by atoms with Crippen LogP contribution < -0.4 is 4.90 Å². The van der Waals surface area contributed by atoms with E-state index in [2.05, 4.69) is 13.2 Å². The molecule has 7 nitrogen and oxygen atoms in total. The second kappa shape index (κ2) is 11.3. The number of aliphatic hydroxyl groups excluding tert-OH is 1. The summed E-state index contributed by atoms with van der Waals surface area (Å²) in [6.45, 7) is 14.9. The van der Waals surface area contributed by atoms with Crippen molar-refractivity contribution in [2.24, 2.45) is 11.8 Å². The molecular formula is C30H41N3O4S. The SMILES string of the molecule is C=CCN(C(=O)[C@@H]1[C@H]2C(=O)N(CCCCO)C(C(=O)N(CC=C)C(C)(C)C)C23CC[C@H]1S3)c1ccccc1. The Morgan fingerprint density at radius 1 is 1.13 bits per heavy atom. The summed E-state index contributed by atoms with van der Waals surface area (Å²) in [5.74, 6) is -1.31. The molecule has 1 N–H and O–H groups in total. The van der Waals surface area contributed by atoms with Gasteiger partial charge in [0.2, 0.25) is 17.7 Å². The topological polar surface area (TPSA) is 81.2 Å². The monoisotopic (exact) mass is 539 g/mol. The van der Waals surface area contributed by atoms with Crippen LogP contribution in [0.4, 0.5) is 5.69 Å². The molecule has 1 aromatic rings. The molecule has 3 aliphatic heterocycles. The summed E-state index contributed by atoms with van der Waals surface area (Å²) in [5.41, 5.74) is 0.326. The number of likely N-dealkylation sites (tertiary alicyclic amines) is 1. The number of carbonyl (C=O) groups is 3. The van der Waals surface area contributed by atoms with Gasteiger partial charge in [0.05, 0.1) is 16.6 Å². The summed E-state index contributed by atoms with van der Waals surface area (Å²) < 4.78 is -0.639.